The second-order valence-corrected chi connectivity index (χ2v) is 8.23. The van der Waals surface area contributed by atoms with Gasteiger partial charge in [0.15, 0.2) is 5.11 Å². The summed E-state index contributed by atoms with van der Waals surface area (Å²) in [6, 6.07) is 14.6. The van der Waals surface area contributed by atoms with Gasteiger partial charge in [0.2, 0.25) is 11.8 Å². The highest BCUT2D eigenvalue weighted by Gasteiger charge is 2.34. The van der Waals surface area contributed by atoms with Crippen LogP contribution in [0.5, 0.6) is 5.75 Å². The largest absolute Gasteiger partial charge is 0.496 e. The third kappa shape index (κ3) is 6.02. The second kappa shape index (κ2) is 10.4. The zero-order valence-corrected chi connectivity index (χ0v) is 19.1. The number of nitrogens with zero attached hydrogens (tertiary/aromatic N) is 1. The van der Waals surface area contributed by atoms with Crippen LogP contribution in [0.3, 0.4) is 0 Å². The minimum atomic E-state index is -0.507. The van der Waals surface area contributed by atoms with Crippen molar-refractivity contribution in [2.75, 3.05) is 13.7 Å². The summed E-state index contributed by atoms with van der Waals surface area (Å²) in [5, 5.41) is 2.40. The van der Waals surface area contributed by atoms with Gasteiger partial charge in [-0.3, -0.25) is 30.6 Å². The molecule has 1 atom stereocenters. The highest BCUT2D eigenvalue weighted by molar-refractivity contribution is 9.10. The number of carbonyl (C=O) groups is 3. The SMILES string of the molecule is COc1ccc(Br)cc1C(=O)NC(=S)NNC(=O)C1CC(=O)N(Cc2ccccc2)C1. The molecule has 3 amide bonds. The Bertz CT molecular complexity index is 1000. The Kier molecular flexibility index (Phi) is 7.59. The number of hydrogen-bond acceptors (Lipinski definition) is 5. The van der Waals surface area contributed by atoms with Gasteiger partial charge in [0, 0.05) is 24.0 Å². The van der Waals surface area contributed by atoms with E-state index >= 15 is 0 Å². The summed E-state index contributed by atoms with van der Waals surface area (Å²) in [5.74, 6) is -1.07. The molecular formula is C21H21BrN4O4S. The molecule has 31 heavy (non-hydrogen) atoms. The number of rotatable bonds is 5. The molecule has 2 aromatic rings. The maximum absolute atomic E-state index is 12.4. The first-order valence-corrected chi connectivity index (χ1v) is 10.6. The van der Waals surface area contributed by atoms with E-state index in [2.05, 4.69) is 32.1 Å². The van der Waals surface area contributed by atoms with Gasteiger partial charge in [-0.05, 0) is 36.0 Å². The average molecular weight is 505 g/mol. The average Bonchev–Trinajstić information content (AvgIpc) is 3.13. The van der Waals surface area contributed by atoms with Crippen LogP contribution in [0.25, 0.3) is 0 Å². The molecule has 0 radical (unpaired) electrons. The normalized spacial score (nSPS) is 15.4. The molecule has 1 heterocycles. The Morgan fingerprint density at radius 3 is 2.65 bits per heavy atom. The number of carbonyl (C=O) groups excluding carboxylic acids is 3. The molecule has 3 N–H and O–H groups in total. The first-order valence-electron chi connectivity index (χ1n) is 9.43. The summed E-state index contributed by atoms with van der Waals surface area (Å²) in [7, 11) is 1.46. The lowest BCUT2D eigenvalue weighted by atomic mass is 10.1. The van der Waals surface area contributed by atoms with Gasteiger partial charge in [0.1, 0.15) is 5.75 Å². The molecule has 1 aliphatic heterocycles. The maximum Gasteiger partial charge on any atom is 0.261 e. The van der Waals surface area contributed by atoms with Gasteiger partial charge in [-0.25, -0.2) is 0 Å². The predicted molar refractivity (Wildman–Crippen MR) is 122 cm³/mol. The van der Waals surface area contributed by atoms with E-state index < -0.39 is 11.8 Å². The topological polar surface area (TPSA) is 99.8 Å². The molecule has 10 heteroatoms. The first-order chi connectivity index (χ1) is 14.9. The van der Waals surface area contributed by atoms with Crippen LogP contribution < -0.4 is 20.9 Å². The summed E-state index contributed by atoms with van der Waals surface area (Å²) in [5.41, 5.74) is 6.26. The predicted octanol–water partition coefficient (Wildman–Crippen LogP) is 2.14. The number of benzene rings is 2. The van der Waals surface area contributed by atoms with Gasteiger partial charge < -0.3 is 9.64 Å². The summed E-state index contributed by atoms with van der Waals surface area (Å²) in [6.45, 7) is 0.773. The number of methoxy groups -OCH3 is 1. The molecule has 1 unspecified atom stereocenters. The fourth-order valence-corrected chi connectivity index (χ4v) is 3.69. The molecule has 1 saturated heterocycles. The van der Waals surface area contributed by atoms with E-state index in [0.717, 1.165) is 5.56 Å². The molecule has 3 rings (SSSR count). The molecular weight excluding hydrogens is 484 g/mol. The monoisotopic (exact) mass is 504 g/mol. The van der Waals surface area contributed by atoms with Crippen molar-refractivity contribution in [2.45, 2.75) is 13.0 Å². The van der Waals surface area contributed by atoms with Crippen molar-refractivity contribution in [2.24, 2.45) is 5.92 Å². The van der Waals surface area contributed by atoms with E-state index in [1.54, 1.807) is 23.1 Å². The van der Waals surface area contributed by atoms with Crippen LogP contribution in [0.1, 0.15) is 22.3 Å². The van der Waals surface area contributed by atoms with Crippen molar-refractivity contribution in [3.05, 3.63) is 64.1 Å². The van der Waals surface area contributed by atoms with E-state index in [0.29, 0.717) is 23.3 Å². The number of likely N-dealkylation sites (tertiary alicyclic amines) is 1. The minimum absolute atomic E-state index is 0.0779. The van der Waals surface area contributed by atoms with Crippen LogP contribution in [0.15, 0.2) is 53.0 Å². The Labute approximate surface area is 193 Å². The van der Waals surface area contributed by atoms with Crippen LogP contribution in [0.2, 0.25) is 0 Å². The molecule has 8 nitrogen and oxygen atoms in total. The number of halogens is 1. The molecule has 0 aliphatic carbocycles. The number of nitrogens with one attached hydrogen (secondary N) is 3. The summed E-state index contributed by atoms with van der Waals surface area (Å²) >= 11 is 8.39. The van der Waals surface area contributed by atoms with Crippen molar-refractivity contribution >= 4 is 51.0 Å². The van der Waals surface area contributed by atoms with Crippen molar-refractivity contribution in [1.82, 2.24) is 21.1 Å². The third-order valence-electron chi connectivity index (χ3n) is 4.73. The van der Waals surface area contributed by atoms with Gasteiger partial charge in [0.25, 0.3) is 5.91 Å². The lowest BCUT2D eigenvalue weighted by Gasteiger charge is -2.17. The van der Waals surface area contributed by atoms with Crippen molar-refractivity contribution in [1.29, 1.82) is 0 Å². The molecule has 2 aromatic carbocycles. The number of thiocarbonyl (C=S) groups is 1. The second-order valence-electron chi connectivity index (χ2n) is 6.90. The van der Waals surface area contributed by atoms with E-state index in [1.807, 2.05) is 30.3 Å². The van der Waals surface area contributed by atoms with Gasteiger partial charge in [0.05, 0.1) is 18.6 Å². The first kappa shape index (κ1) is 22.7. The molecule has 0 spiro atoms. The Morgan fingerprint density at radius 2 is 1.94 bits per heavy atom. The Hall–Kier alpha value is -2.98. The van der Waals surface area contributed by atoms with Crippen LogP contribution in [-0.4, -0.2) is 41.4 Å². The highest BCUT2D eigenvalue weighted by atomic mass is 79.9. The van der Waals surface area contributed by atoms with E-state index in [-0.39, 0.29) is 28.9 Å². The Balaban J connectivity index is 1.49. The molecule has 0 saturated carbocycles. The van der Waals surface area contributed by atoms with Crippen LogP contribution in [0.4, 0.5) is 0 Å². The lowest BCUT2D eigenvalue weighted by molar-refractivity contribution is -0.129. The zero-order chi connectivity index (χ0) is 22.4. The maximum atomic E-state index is 12.4. The standard InChI is InChI=1S/C21H21BrN4O4S/c1-30-17-8-7-15(22)10-16(17)20(29)23-21(31)25-24-19(28)14-9-18(27)26(12-14)11-13-5-3-2-4-6-13/h2-8,10,14H,9,11-12H2,1H3,(H,24,28)(H2,23,25,29,31). The molecule has 0 bridgehead atoms. The number of hydrazine groups is 1. The molecule has 162 valence electrons. The highest BCUT2D eigenvalue weighted by Crippen LogP contribution is 2.23. The minimum Gasteiger partial charge on any atom is -0.496 e. The van der Waals surface area contributed by atoms with Crippen molar-refractivity contribution < 1.29 is 19.1 Å². The zero-order valence-electron chi connectivity index (χ0n) is 16.7. The summed E-state index contributed by atoms with van der Waals surface area (Å²) in [4.78, 5) is 38.8. The lowest BCUT2D eigenvalue weighted by Crippen LogP contribution is -2.50. The van der Waals surface area contributed by atoms with Gasteiger partial charge >= 0.3 is 0 Å². The van der Waals surface area contributed by atoms with E-state index in [1.165, 1.54) is 7.11 Å². The van der Waals surface area contributed by atoms with Crippen LogP contribution >= 0.6 is 28.1 Å². The van der Waals surface area contributed by atoms with Crippen molar-refractivity contribution in [3.8, 4) is 5.75 Å². The smallest absolute Gasteiger partial charge is 0.261 e. The fourth-order valence-electron chi connectivity index (χ4n) is 3.18. The van der Waals surface area contributed by atoms with E-state index in [9.17, 15) is 14.4 Å². The van der Waals surface area contributed by atoms with Crippen molar-refractivity contribution in [3.63, 3.8) is 0 Å². The number of ether oxygens (including phenoxy) is 1. The summed E-state index contributed by atoms with van der Waals surface area (Å²) < 4.78 is 5.88. The number of hydrogen-bond donors (Lipinski definition) is 3. The molecule has 1 aliphatic rings. The quantitative estimate of drug-likeness (QED) is 0.426. The summed E-state index contributed by atoms with van der Waals surface area (Å²) in [6.07, 6.45) is 0.120. The fraction of sp³-hybridized carbons (Fsp3) is 0.238. The Morgan fingerprint density at radius 1 is 1.19 bits per heavy atom. The van der Waals surface area contributed by atoms with Crippen LogP contribution in [0, 0.1) is 5.92 Å². The molecule has 0 aromatic heterocycles. The number of amides is 3. The van der Waals surface area contributed by atoms with Gasteiger partial charge in [-0.2, -0.15) is 0 Å². The third-order valence-corrected chi connectivity index (χ3v) is 5.43. The van der Waals surface area contributed by atoms with E-state index in [4.69, 9.17) is 17.0 Å². The van der Waals surface area contributed by atoms with Gasteiger partial charge in [-0.15, -0.1) is 0 Å². The van der Waals surface area contributed by atoms with Gasteiger partial charge in [-0.1, -0.05) is 46.3 Å². The van der Waals surface area contributed by atoms with Crippen LogP contribution in [-0.2, 0) is 16.1 Å². The molecule has 1 fully saturated rings.